The van der Waals surface area contributed by atoms with Crippen molar-refractivity contribution in [2.75, 3.05) is 24.1 Å². The van der Waals surface area contributed by atoms with E-state index in [0.717, 1.165) is 11.5 Å². The van der Waals surface area contributed by atoms with Crippen LogP contribution in [0, 0.1) is 11.7 Å². The Labute approximate surface area is 243 Å². The normalized spacial score (nSPS) is 12.0. The molecule has 0 spiro atoms. The fourth-order valence-electron chi connectivity index (χ4n) is 4.58. The average molecular weight is 591 g/mol. The Balaban J connectivity index is 1.54. The number of nitrogen functional groups attached to an aromatic ring is 1. The van der Waals surface area contributed by atoms with Gasteiger partial charge in [0.2, 0.25) is 11.8 Å². The summed E-state index contributed by atoms with van der Waals surface area (Å²) in [7, 11) is -4.27. The van der Waals surface area contributed by atoms with Gasteiger partial charge in [-0.15, -0.1) is 0 Å². The fourth-order valence-corrected chi connectivity index (χ4v) is 5.63. The van der Waals surface area contributed by atoms with E-state index >= 15 is 0 Å². The molecule has 0 bridgehead atoms. The Morgan fingerprint density at radius 1 is 0.881 bits per heavy atom. The summed E-state index contributed by atoms with van der Waals surface area (Å²) >= 11 is 0. The number of fused-ring (bicyclic) bond motifs is 1. The van der Waals surface area contributed by atoms with Crippen LogP contribution in [0.15, 0.2) is 89.8 Å². The van der Waals surface area contributed by atoms with Crippen LogP contribution < -0.4 is 15.8 Å². The molecule has 0 saturated heterocycles. The minimum atomic E-state index is -4.27. The number of halogens is 1. The smallest absolute Gasteiger partial charge is 0.264 e. The molecule has 0 heterocycles. The summed E-state index contributed by atoms with van der Waals surface area (Å²) < 4.78 is 42.5. The highest BCUT2D eigenvalue weighted by Gasteiger charge is 2.33. The van der Waals surface area contributed by atoms with Gasteiger partial charge in [0.25, 0.3) is 15.9 Å². The number of carbonyl (C=O) groups excluding carboxylic acids is 3. The standard InChI is InChI=1S/C31H31FN4O5S/c1-3-36(4-2)31(39)25(29(37)35-42(40,41)24-17-14-21-8-5-6-9-22(21)19-24)18-20-12-15-23(16-13-20)34-30(38)28-26(32)10-7-11-27(28)33/h5-17,19,25H,3-4,18,33H2,1-2H3,(H,34,38)(H,35,37). The van der Waals surface area contributed by atoms with Crippen molar-refractivity contribution >= 4 is 49.9 Å². The molecular formula is C31H31FN4O5S. The molecule has 0 radical (unpaired) electrons. The Morgan fingerprint density at radius 2 is 1.55 bits per heavy atom. The first-order valence-corrected chi connectivity index (χ1v) is 14.8. The number of carbonyl (C=O) groups is 3. The van der Waals surface area contributed by atoms with Crippen molar-refractivity contribution in [2.45, 2.75) is 25.2 Å². The van der Waals surface area contributed by atoms with Crippen LogP contribution in [-0.4, -0.2) is 44.1 Å². The molecule has 4 rings (SSSR count). The minimum Gasteiger partial charge on any atom is -0.398 e. The minimum absolute atomic E-state index is 0.00784. The summed E-state index contributed by atoms with van der Waals surface area (Å²) in [5.74, 6) is -4.29. The second-order valence-corrected chi connectivity index (χ2v) is 11.3. The van der Waals surface area contributed by atoms with Gasteiger partial charge in [-0.2, -0.15) is 0 Å². The van der Waals surface area contributed by atoms with E-state index < -0.39 is 39.5 Å². The highest BCUT2D eigenvalue weighted by Crippen LogP contribution is 2.22. The number of nitrogens with zero attached hydrogens (tertiary/aromatic N) is 1. The van der Waals surface area contributed by atoms with Crippen LogP contribution in [0.1, 0.15) is 29.8 Å². The number of hydrogen-bond donors (Lipinski definition) is 3. The zero-order valence-electron chi connectivity index (χ0n) is 23.1. The fraction of sp³-hybridized carbons (Fsp3) is 0.194. The Kier molecular flexibility index (Phi) is 9.21. The number of nitrogens with two attached hydrogens (primary N) is 1. The Hall–Kier alpha value is -4.77. The van der Waals surface area contributed by atoms with Gasteiger partial charge in [0.15, 0.2) is 0 Å². The SMILES string of the molecule is CCN(CC)C(=O)C(Cc1ccc(NC(=O)c2c(N)cccc2F)cc1)C(=O)NS(=O)(=O)c1ccc2ccccc2c1. The molecule has 4 aromatic rings. The van der Waals surface area contributed by atoms with Gasteiger partial charge < -0.3 is 16.0 Å². The van der Waals surface area contributed by atoms with E-state index in [1.807, 2.05) is 12.1 Å². The van der Waals surface area contributed by atoms with Crippen molar-refractivity contribution in [2.24, 2.45) is 5.92 Å². The van der Waals surface area contributed by atoms with Crippen molar-refractivity contribution < 1.29 is 27.2 Å². The average Bonchev–Trinajstić information content (AvgIpc) is 2.96. The lowest BCUT2D eigenvalue weighted by atomic mass is 9.97. The number of hydrogen-bond acceptors (Lipinski definition) is 6. The van der Waals surface area contributed by atoms with Gasteiger partial charge in [-0.3, -0.25) is 14.4 Å². The monoisotopic (exact) mass is 590 g/mol. The second-order valence-electron chi connectivity index (χ2n) is 9.60. The molecule has 42 heavy (non-hydrogen) atoms. The summed E-state index contributed by atoms with van der Waals surface area (Å²) in [6.45, 7) is 4.20. The zero-order chi connectivity index (χ0) is 30.4. The molecule has 4 N–H and O–H groups in total. The van der Waals surface area contributed by atoms with Crippen LogP contribution in [0.5, 0.6) is 0 Å². The number of nitrogens with one attached hydrogen (secondary N) is 2. The maximum absolute atomic E-state index is 14.1. The van der Waals surface area contributed by atoms with Crippen LogP contribution in [0.2, 0.25) is 0 Å². The molecule has 1 unspecified atom stereocenters. The predicted octanol–water partition coefficient (Wildman–Crippen LogP) is 4.35. The molecule has 0 aliphatic carbocycles. The number of rotatable bonds is 10. The van der Waals surface area contributed by atoms with Crippen molar-refractivity contribution in [3.63, 3.8) is 0 Å². The van der Waals surface area contributed by atoms with E-state index in [0.29, 0.717) is 29.7 Å². The van der Waals surface area contributed by atoms with Crippen molar-refractivity contribution in [3.8, 4) is 0 Å². The molecule has 4 aromatic carbocycles. The third-order valence-corrected chi connectivity index (χ3v) is 8.22. The predicted molar refractivity (Wildman–Crippen MR) is 160 cm³/mol. The first-order chi connectivity index (χ1) is 20.0. The molecule has 9 nitrogen and oxygen atoms in total. The van der Waals surface area contributed by atoms with Gasteiger partial charge >= 0.3 is 0 Å². The molecule has 1 atom stereocenters. The number of amides is 3. The molecule has 0 fully saturated rings. The molecule has 0 saturated carbocycles. The Bertz CT molecular complexity index is 1720. The van der Waals surface area contributed by atoms with Crippen molar-refractivity contribution in [1.82, 2.24) is 9.62 Å². The molecule has 11 heteroatoms. The molecule has 0 aliphatic heterocycles. The lowest BCUT2D eigenvalue weighted by Crippen LogP contribution is -2.46. The van der Waals surface area contributed by atoms with Gasteiger partial charge in [-0.05, 0) is 73.0 Å². The van der Waals surface area contributed by atoms with E-state index in [1.165, 1.54) is 41.3 Å². The van der Waals surface area contributed by atoms with E-state index in [9.17, 15) is 27.2 Å². The molecule has 3 amide bonds. The highest BCUT2D eigenvalue weighted by molar-refractivity contribution is 7.90. The molecule has 218 valence electrons. The van der Waals surface area contributed by atoms with E-state index in [4.69, 9.17) is 5.73 Å². The summed E-state index contributed by atoms with van der Waals surface area (Å²) in [5.41, 5.74) is 6.34. The maximum atomic E-state index is 14.1. The summed E-state index contributed by atoms with van der Waals surface area (Å²) in [4.78, 5) is 40.6. The molecule has 0 aromatic heterocycles. The third-order valence-electron chi connectivity index (χ3n) is 6.88. The second kappa shape index (κ2) is 12.8. The first-order valence-electron chi connectivity index (χ1n) is 13.3. The van der Waals surface area contributed by atoms with Gasteiger partial charge in [-0.1, -0.05) is 48.5 Å². The number of anilines is 2. The summed E-state index contributed by atoms with van der Waals surface area (Å²) in [6.07, 6.45) is -0.0944. The van der Waals surface area contributed by atoms with Crippen LogP contribution >= 0.6 is 0 Å². The van der Waals surface area contributed by atoms with Crippen LogP contribution in [0.25, 0.3) is 10.8 Å². The zero-order valence-corrected chi connectivity index (χ0v) is 24.0. The lowest BCUT2D eigenvalue weighted by Gasteiger charge is -2.25. The quantitative estimate of drug-likeness (QED) is 0.186. The third kappa shape index (κ3) is 6.74. The van der Waals surface area contributed by atoms with Crippen LogP contribution in [0.4, 0.5) is 15.8 Å². The number of benzene rings is 4. The van der Waals surface area contributed by atoms with E-state index in [-0.39, 0.29) is 22.6 Å². The largest absolute Gasteiger partial charge is 0.398 e. The van der Waals surface area contributed by atoms with Crippen LogP contribution in [-0.2, 0) is 26.0 Å². The molecular weight excluding hydrogens is 559 g/mol. The number of sulfonamides is 1. The Morgan fingerprint density at radius 3 is 2.19 bits per heavy atom. The van der Waals surface area contributed by atoms with Crippen LogP contribution in [0.3, 0.4) is 0 Å². The summed E-state index contributed by atoms with van der Waals surface area (Å²) in [6, 6.07) is 21.9. The lowest BCUT2D eigenvalue weighted by molar-refractivity contribution is -0.141. The molecule has 0 aliphatic rings. The van der Waals surface area contributed by atoms with Crippen molar-refractivity contribution in [1.29, 1.82) is 0 Å². The van der Waals surface area contributed by atoms with Gasteiger partial charge in [0.05, 0.1) is 10.5 Å². The van der Waals surface area contributed by atoms with E-state index in [2.05, 4.69) is 10.0 Å². The topological polar surface area (TPSA) is 139 Å². The summed E-state index contributed by atoms with van der Waals surface area (Å²) in [5, 5.41) is 4.10. The maximum Gasteiger partial charge on any atom is 0.264 e. The van der Waals surface area contributed by atoms with E-state index in [1.54, 1.807) is 44.2 Å². The van der Waals surface area contributed by atoms with Gasteiger partial charge in [-0.25, -0.2) is 17.5 Å². The van der Waals surface area contributed by atoms with Crippen molar-refractivity contribution in [3.05, 3.63) is 102 Å². The first kappa shape index (κ1) is 30.2. The highest BCUT2D eigenvalue weighted by atomic mass is 32.2. The van der Waals surface area contributed by atoms with Gasteiger partial charge in [0.1, 0.15) is 11.7 Å². The van der Waals surface area contributed by atoms with Gasteiger partial charge in [0, 0.05) is 24.5 Å².